The molecule has 0 unspecified atom stereocenters. The van der Waals surface area contributed by atoms with Crippen LogP contribution >= 0.6 is 11.3 Å². The van der Waals surface area contributed by atoms with E-state index >= 15 is 0 Å². The van der Waals surface area contributed by atoms with Gasteiger partial charge < -0.3 is 10.1 Å². The van der Waals surface area contributed by atoms with Crippen LogP contribution < -0.4 is 5.32 Å². The van der Waals surface area contributed by atoms with E-state index < -0.39 is 0 Å². The quantitative estimate of drug-likeness (QED) is 0.892. The van der Waals surface area contributed by atoms with E-state index in [4.69, 9.17) is 4.74 Å². The second kappa shape index (κ2) is 6.80. The van der Waals surface area contributed by atoms with Gasteiger partial charge in [0.2, 0.25) is 11.0 Å². The molecule has 0 spiro atoms. The van der Waals surface area contributed by atoms with E-state index in [9.17, 15) is 4.79 Å². The highest BCUT2D eigenvalue weighted by Gasteiger charge is 2.17. The molecule has 0 atom stereocenters. The molecule has 0 aromatic carbocycles. The van der Waals surface area contributed by atoms with Crippen LogP contribution in [-0.4, -0.2) is 23.2 Å². The summed E-state index contributed by atoms with van der Waals surface area (Å²) in [5, 5.41) is 12.0. The first kappa shape index (κ1) is 13.4. The van der Waals surface area contributed by atoms with E-state index in [2.05, 4.69) is 15.5 Å². The van der Waals surface area contributed by atoms with E-state index in [0.29, 0.717) is 24.1 Å². The topological polar surface area (TPSA) is 64.1 Å². The molecule has 1 saturated carbocycles. The average molecular weight is 269 g/mol. The van der Waals surface area contributed by atoms with Crippen LogP contribution in [0.3, 0.4) is 0 Å². The van der Waals surface area contributed by atoms with Crippen molar-refractivity contribution in [3.8, 4) is 0 Å². The van der Waals surface area contributed by atoms with Crippen LogP contribution in [0.15, 0.2) is 0 Å². The number of amides is 1. The van der Waals surface area contributed by atoms with Gasteiger partial charge in [-0.2, -0.15) is 0 Å². The van der Waals surface area contributed by atoms with Crippen molar-refractivity contribution in [3.63, 3.8) is 0 Å². The second-order valence-corrected chi connectivity index (χ2v) is 5.75. The lowest BCUT2D eigenvalue weighted by molar-refractivity contribution is -0.117. The van der Waals surface area contributed by atoms with Crippen LogP contribution in [0.1, 0.15) is 43.5 Å². The number of nitrogens with zero attached hydrogens (tertiary/aromatic N) is 2. The molecule has 1 fully saturated rings. The lowest BCUT2D eigenvalue weighted by Gasteiger charge is -2.20. The Morgan fingerprint density at radius 1 is 1.39 bits per heavy atom. The van der Waals surface area contributed by atoms with Gasteiger partial charge in [-0.3, -0.25) is 4.79 Å². The minimum absolute atomic E-state index is 0.0574. The molecular weight excluding hydrogens is 250 g/mol. The molecule has 5 nitrogen and oxygen atoms in total. The summed E-state index contributed by atoms with van der Waals surface area (Å²) in [6.45, 7) is 0.441. The maximum atomic E-state index is 11.8. The standard InChI is InChI=1S/C12H19N3O2S/c1-17-8-11-14-15-12(18-11)13-10(16)7-9-5-3-2-4-6-9/h9H,2-8H2,1H3,(H,13,15,16). The van der Waals surface area contributed by atoms with Crippen LogP contribution in [0.5, 0.6) is 0 Å². The summed E-state index contributed by atoms with van der Waals surface area (Å²) in [5.41, 5.74) is 0. The Hall–Kier alpha value is -1.01. The number of aromatic nitrogens is 2. The van der Waals surface area contributed by atoms with Gasteiger partial charge in [0, 0.05) is 13.5 Å². The van der Waals surface area contributed by atoms with Gasteiger partial charge in [0.05, 0.1) is 0 Å². The predicted octanol–water partition coefficient (Wildman–Crippen LogP) is 2.59. The molecule has 2 rings (SSSR count). The molecule has 1 aromatic heterocycles. The zero-order chi connectivity index (χ0) is 12.8. The van der Waals surface area contributed by atoms with Crippen molar-refractivity contribution in [2.45, 2.75) is 45.1 Å². The van der Waals surface area contributed by atoms with Crippen LogP contribution in [0.25, 0.3) is 0 Å². The number of carbonyl (C=O) groups excluding carboxylic acids is 1. The summed E-state index contributed by atoms with van der Waals surface area (Å²) < 4.78 is 4.96. The van der Waals surface area contributed by atoms with E-state index in [1.807, 2.05) is 0 Å². The SMILES string of the molecule is COCc1nnc(NC(=O)CC2CCCCC2)s1. The van der Waals surface area contributed by atoms with E-state index in [0.717, 1.165) is 5.01 Å². The van der Waals surface area contributed by atoms with Crippen LogP contribution in [0, 0.1) is 5.92 Å². The molecule has 1 aliphatic rings. The summed E-state index contributed by atoms with van der Waals surface area (Å²) in [6.07, 6.45) is 6.80. The Morgan fingerprint density at radius 3 is 2.89 bits per heavy atom. The molecule has 1 aliphatic carbocycles. The molecule has 1 aromatic rings. The molecule has 100 valence electrons. The first-order chi connectivity index (χ1) is 8.78. The Labute approximate surface area is 111 Å². The van der Waals surface area contributed by atoms with Crippen LogP contribution in [0.4, 0.5) is 5.13 Å². The number of ether oxygens (including phenoxy) is 1. The lowest BCUT2D eigenvalue weighted by Crippen LogP contribution is -2.18. The smallest absolute Gasteiger partial charge is 0.226 e. The molecule has 1 N–H and O–H groups in total. The van der Waals surface area contributed by atoms with Crippen molar-refractivity contribution >= 4 is 22.4 Å². The van der Waals surface area contributed by atoms with E-state index in [1.54, 1.807) is 7.11 Å². The molecule has 1 amide bonds. The average Bonchev–Trinajstić information content (AvgIpc) is 2.78. The molecular formula is C12H19N3O2S. The molecule has 1 heterocycles. The highest BCUT2D eigenvalue weighted by atomic mass is 32.1. The number of rotatable bonds is 5. The van der Waals surface area contributed by atoms with Gasteiger partial charge >= 0.3 is 0 Å². The maximum absolute atomic E-state index is 11.8. The third-order valence-corrected chi connectivity index (χ3v) is 3.99. The Balaban J connectivity index is 1.78. The van der Waals surface area contributed by atoms with Gasteiger partial charge in [0.25, 0.3) is 0 Å². The third-order valence-electron chi connectivity index (χ3n) is 3.18. The summed E-state index contributed by atoms with van der Waals surface area (Å²) in [4.78, 5) is 11.8. The Bertz CT molecular complexity index is 388. The largest absolute Gasteiger partial charge is 0.377 e. The number of anilines is 1. The van der Waals surface area contributed by atoms with Crippen molar-refractivity contribution < 1.29 is 9.53 Å². The van der Waals surface area contributed by atoms with Gasteiger partial charge in [-0.25, -0.2) is 0 Å². The van der Waals surface area contributed by atoms with E-state index in [-0.39, 0.29) is 5.91 Å². The predicted molar refractivity (Wildman–Crippen MR) is 70.4 cm³/mol. The third kappa shape index (κ3) is 4.03. The second-order valence-electron chi connectivity index (χ2n) is 4.69. The summed E-state index contributed by atoms with van der Waals surface area (Å²) in [5.74, 6) is 0.604. The maximum Gasteiger partial charge on any atom is 0.226 e. The van der Waals surface area contributed by atoms with E-state index in [1.165, 1.54) is 43.4 Å². The normalized spacial score (nSPS) is 16.7. The monoisotopic (exact) mass is 269 g/mol. The molecule has 0 radical (unpaired) electrons. The van der Waals surface area contributed by atoms with Crippen molar-refractivity contribution in [2.24, 2.45) is 5.92 Å². The van der Waals surface area contributed by atoms with Crippen molar-refractivity contribution in [1.29, 1.82) is 0 Å². The molecule has 0 bridgehead atoms. The number of methoxy groups -OCH3 is 1. The fourth-order valence-electron chi connectivity index (χ4n) is 2.31. The lowest BCUT2D eigenvalue weighted by atomic mass is 9.87. The van der Waals surface area contributed by atoms with Crippen LogP contribution in [-0.2, 0) is 16.1 Å². The van der Waals surface area contributed by atoms with Gasteiger partial charge in [0.1, 0.15) is 11.6 Å². The number of carbonyl (C=O) groups is 1. The molecule has 0 aliphatic heterocycles. The highest BCUT2D eigenvalue weighted by molar-refractivity contribution is 7.15. The minimum Gasteiger partial charge on any atom is -0.377 e. The van der Waals surface area contributed by atoms with Gasteiger partial charge in [-0.05, 0) is 18.8 Å². The van der Waals surface area contributed by atoms with Gasteiger partial charge in [0.15, 0.2) is 0 Å². The van der Waals surface area contributed by atoms with Gasteiger partial charge in [-0.1, -0.05) is 30.6 Å². The molecule has 0 saturated heterocycles. The summed E-state index contributed by atoms with van der Waals surface area (Å²) in [7, 11) is 1.61. The first-order valence-electron chi connectivity index (χ1n) is 6.39. The molecule has 6 heteroatoms. The van der Waals surface area contributed by atoms with Crippen molar-refractivity contribution in [1.82, 2.24) is 10.2 Å². The summed E-state index contributed by atoms with van der Waals surface area (Å²) in [6, 6.07) is 0. The van der Waals surface area contributed by atoms with Crippen LogP contribution in [0.2, 0.25) is 0 Å². The minimum atomic E-state index is 0.0574. The number of hydrogen-bond acceptors (Lipinski definition) is 5. The zero-order valence-electron chi connectivity index (χ0n) is 10.6. The fourth-order valence-corrected chi connectivity index (χ4v) is 3.04. The van der Waals surface area contributed by atoms with Crippen molar-refractivity contribution in [3.05, 3.63) is 5.01 Å². The Morgan fingerprint density at radius 2 is 2.17 bits per heavy atom. The van der Waals surface area contributed by atoms with Crippen molar-refractivity contribution in [2.75, 3.05) is 12.4 Å². The number of hydrogen-bond donors (Lipinski definition) is 1. The fraction of sp³-hybridized carbons (Fsp3) is 0.750. The Kier molecular flexibility index (Phi) is 5.07. The number of nitrogens with one attached hydrogen (secondary N) is 1. The summed E-state index contributed by atoms with van der Waals surface area (Å²) >= 11 is 1.37. The first-order valence-corrected chi connectivity index (χ1v) is 7.20. The molecule has 18 heavy (non-hydrogen) atoms. The van der Waals surface area contributed by atoms with Gasteiger partial charge in [-0.15, -0.1) is 10.2 Å². The zero-order valence-corrected chi connectivity index (χ0v) is 11.5. The highest BCUT2D eigenvalue weighted by Crippen LogP contribution is 2.26.